The molecule has 6 heteroatoms. The monoisotopic (exact) mass is 342 g/mol. The fourth-order valence-electron chi connectivity index (χ4n) is 2.22. The molecule has 2 amide bonds. The first-order valence-electron chi connectivity index (χ1n) is 8.06. The van der Waals surface area contributed by atoms with Crippen molar-refractivity contribution in [3.8, 4) is 11.5 Å². The second kappa shape index (κ2) is 9.97. The van der Waals surface area contributed by atoms with Gasteiger partial charge < -0.3 is 9.47 Å². The van der Waals surface area contributed by atoms with E-state index in [0.717, 1.165) is 6.42 Å². The molecule has 0 atom stereocenters. The van der Waals surface area contributed by atoms with Gasteiger partial charge in [0.2, 0.25) is 5.91 Å². The number of benzene rings is 2. The topological polar surface area (TPSA) is 76.7 Å². The van der Waals surface area contributed by atoms with Crippen molar-refractivity contribution in [3.05, 3.63) is 60.2 Å². The van der Waals surface area contributed by atoms with E-state index in [2.05, 4.69) is 10.9 Å². The van der Waals surface area contributed by atoms with E-state index in [1.807, 2.05) is 30.3 Å². The number of hydrogen-bond acceptors (Lipinski definition) is 4. The van der Waals surface area contributed by atoms with E-state index < -0.39 is 5.91 Å². The van der Waals surface area contributed by atoms with Crippen LogP contribution >= 0.6 is 0 Å². The van der Waals surface area contributed by atoms with Gasteiger partial charge in [-0.15, -0.1) is 0 Å². The summed E-state index contributed by atoms with van der Waals surface area (Å²) in [5.74, 6) is 0.332. The lowest BCUT2D eigenvalue weighted by atomic mass is 10.1. The van der Waals surface area contributed by atoms with Crippen LogP contribution in [0.4, 0.5) is 0 Å². The zero-order valence-corrected chi connectivity index (χ0v) is 14.2. The average Bonchev–Trinajstić information content (AvgIpc) is 2.65. The summed E-state index contributed by atoms with van der Waals surface area (Å²) in [4.78, 5) is 23.4. The quantitative estimate of drug-likeness (QED) is 0.722. The molecule has 0 saturated carbocycles. The molecule has 0 aliphatic heterocycles. The zero-order chi connectivity index (χ0) is 17.9. The minimum atomic E-state index is -0.442. The molecule has 25 heavy (non-hydrogen) atoms. The summed E-state index contributed by atoms with van der Waals surface area (Å²) < 4.78 is 10.5. The SMILES string of the molecule is COc1ccccc1OCC(=O)NNC(=O)CCCc1ccccc1. The van der Waals surface area contributed by atoms with Crippen molar-refractivity contribution in [2.75, 3.05) is 13.7 Å². The third-order valence-electron chi connectivity index (χ3n) is 3.48. The van der Waals surface area contributed by atoms with E-state index in [9.17, 15) is 9.59 Å². The first-order chi connectivity index (χ1) is 12.2. The molecule has 0 aliphatic carbocycles. The van der Waals surface area contributed by atoms with Crippen LogP contribution in [0.2, 0.25) is 0 Å². The van der Waals surface area contributed by atoms with Crippen LogP contribution in [-0.4, -0.2) is 25.5 Å². The molecule has 2 aromatic carbocycles. The molecular weight excluding hydrogens is 320 g/mol. The van der Waals surface area contributed by atoms with Crippen molar-refractivity contribution >= 4 is 11.8 Å². The molecule has 0 heterocycles. The molecule has 0 unspecified atom stereocenters. The van der Waals surface area contributed by atoms with E-state index >= 15 is 0 Å². The van der Waals surface area contributed by atoms with Crippen LogP contribution in [0.1, 0.15) is 18.4 Å². The third-order valence-corrected chi connectivity index (χ3v) is 3.48. The Balaban J connectivity index is 1.63. The number of rotatable bonds is 8. The Labute approximate surface area is 147 Å². The molecule has 2 N–H and O–H groups in total. The minimum absolute atomic E-state index is 0.218. The Hall–Kier alpha value is -3.02. The van der Waals surface area contributed by atoms with Crippen LogP contribution in [0.15, 0.2) is 54.6 Å². The molecule has 0 spiro atoms. The number of nitrogens with one attached hydrogen (secondary N) is 2. The number of hydrogen-bond donors (Lipinski definition) is 2. The van der Waals surface area contributed by atoms with Crippen LogP contribution in [0.3, 0.4) is 0 Å². The van der Waals surface area contributed by atoms with Gasteiger partial charge in [-0.1, -0.05) is 42.5 Å². The summed E-state index contributed by atoms with van der Waals surface area (Å²) >= 11 is 0. The van der Waals surface area contributed by atoms with Crippen molar-refractivity contribution in [1.29, 1.82) is 0 Å². The molecule has 0 aliphatic rings. The summed E-state index contributed by atoms with van der Waals surface area (Å²) in [7, 11) is 1.53. The maximum Gasteiger partial charge on any atom is 0.276 e. The molecule has 2 rings (SSSR count). The van der Waals surface area contributed by atoms with Crippen molar-refractivity contribution in [1.82, 2.24) is 10.9 Å². The number of hydrazine groups is 1. The van der Waals surface area contributed by atoms with Gasteiger partial charge >= 0.3 is 0 Å². The lowest BCUT2D eigenvalue weighted by Gasteiger charge is -2.11. The van der Waals surface area contributed by atoms with Gasteiger partial charge in [-0.2, -0.15) is 0 Å². The van der Waals surface area contributed by atoms with Crippen LogP contribution in [0, 0.1) is 0 Å². The molecule has 0 saturated heterocycles. The van der Waals surface area contributed by atoms with Gasteiger partial charge in [0.25, 0.3) is 5.91 Å². The minimum Gasteiger partial charge on any atom is -0.493 e. The number of amides is 2. The van der Waals surface area contributed by atoms with Crippen molar-refractivity contribution < 1.29 is 19.1 Å². The van der Waals surface area contributed by atoms with Gasteiger partial charge in [0.15, 0.2) is 18.1 Å². The van der Waals surface area contributed by atoms with Crippen LogP contribution in [0.5, 0.6) is 11.5 Å². The van der Waals surface area contributed by atoms with Gasteiger partial charge in [-0.25, -0.2) is 0 Å². The van der Waals surface area contributed by atoms with Gasteiger partial charge in [-0.3, -0.25) is 20.4 Å². The fourth-order valence-corrected chi connectivity index (χ4v) is 2.22. The first kappa shape index (κ1) is 18.3. The van der Waals surface area contributed by atoms with Crippen LogP contribution < -0.4 is 20.3 Å². The summed E-state index contributed by atoms with van der Waals surface area (Å²) in [5, 5.41) is 0. The highest BCUT2D eigenvalue weighted by Crippen LogP contribution is 2.25. The Morgan fingerprint density at radius 1 is 0.880 bits per heavy atom. The molecule has 0 radical (unpaired) electrons. The van der Waals surface area contributed by atoms with Gasteiger partial charge in [0.1, 0.15) is 0 Å². The third kappa shape index (κ3) is 6.55. The number of methoxy groups -OCH3 is 1. The smallest absolute Gasteiger partial charge is 0.276 e. The molecule has 2 aromatic rings. The average molecular weight is 342 g/mol. The second-order valence-corrected chi connectivity index (χ2v) is 5.38. The summed E-state index contributed by atoms with van der Waals surface area (Å²) in [6.07, 6.45) is 1.87. The van der Waals surface area contributed by atoms with E-state index in [-0.39, 0.29) is 12.5 Å². The van der Waals surface area contributed by atoms with Crippen LogP contribution in [-0.2, 0) is 16.0 Å². The van der Waals surface area contributed by atoms with E-state index in [4.69, 9.17) is 9.47 Å². The Morgan fingerprint density at radius 2 is 1.52 bits per heavy atom. The number of aryl methyl sites for hydroxylation is 1. The number of para-hydroxylation sites is 2. The predicted octanol–water partition coefficient (Wildman–Crippen LogP) is 2.24. The Bertz CT molecular complexity index is 689. The standard InChI is InChI=1S/C19H22N2O4/c1-24-16-11-5-6-12-17(16)25-14-19(23)21-20-18(22)13-7-10-15-8-3-2-4-9-15/h2-6,8-9,11-12H,7,10,13-14H2,1H3,(H,20,22)(H,21,23). The number of ether oxygens (including phenoxy) is 2. The van der Waals surface area contributed by atoms with E-state index in [0.29, 0.717) is 24.3 Å². The first-order valence-corrected chi connectivity index (χ1v) is 8.06. The molecule has 0 bridgehead atoms. The van der Waals surface area contributed by atoms with Crippen molar-refractivity contribution in [3.63, 3.8) is 0 Å². The predicted molar refractivity (Wildman–Crippen MR) is 94.2 cm³/mol. The summed E-state index contributed by atoms with van der Waals surface area (Å²) in [6, 6.07) is 17.0. The van der Waals surface area contributed by atoms with Crippen LogP contribution in [0.25, 0.3) is 0 Å². The molecule has 0 fully saturated rings. The van der Waals surface area contributed by atoms with Gasteiger partial charge in [-0.05, 0) is 30.5 Å². The van der Waals surface area contributed by atoms with E-state index in [1.54, 1.807) is 24.3 Å². The van der Waals surface area contributed by atoms with Gasteiger partial charge in [0.05, 0.1) is 7.11 Å². The molecule has 132 valence electrons. The largest absolute Gasteiger partial charge is 0.493 e. The van der Waals surface area contributed by atoms with Gasteiger partial charge in [0, 0.05) is 6.42 Å². The molecular formula is C19H22N2O4. The fraction of sp³-hybridized carbons (Fsp3) is 0.263. The highest BCUT2D eigenvalue weighted by Gasteiger charge is 2.08. The van der Waals surface area contributed by atoms with E-state index in [1.165, 1.54) is 12.7 Å². The Kier molecular flexibility index (Phi) is 7.31. The lowest BCUT2D eigenvalue weighted by Crippen LogP contribution is -2.43. The highest BCUT2D eigenvalue weighted by molar-refractivity contribution is 5.82. The van der Waals surface area contributed by atoms with Crippen molar-refractivity contribution in [2.45, 2.75) is 19.3 Å². The second-order valence-electron chi connectivity index (χ2n) is 5.38. The summed E-state index contributed by atoms with van der Waals surface area (Å²) in [5.41, 5.74) is 5.90. The maximum atomic E-state index is 11.7. The Morgan fingerprint density at radius 3 is 2.24 bits per heavy atom. The number of carbonyl (C=O) groups excluding carboxylic acids is 2. The zero-order valence-electron chi connectivity index (χ0n) is 14.2. The van der Waals surface area contributed by atoms with Crippen molar-refractivity contribution in [2.24, 2.45) is 0 Å². The molecule has 0 aromatic heterocycles. The molecule has 6 nitrogen and oxygen atoms in total. The summed E-state index contributed by atoms with van der Waals surface area (Å²) in [6.45, 7) is -0.218. The lowest BCUT2D eigenvalue weighted by molar-refractivity contribution is -0.130. The number of carbonyl (C=O) groups is 2. The maximum absolute atomic E-state index is 11.7. The highest BCUT2D eigenvalue weighted by atomic mass is 16.5. The normalized spacial score (nSPS) is 9.96.